The first-order chi connectivity index (χ1) is 18.6. The number of carbonyl (C=O) groups is 1. The van der Waals surface area contributed by atoms with Crippen LogP contribution in [0.15, 0.2) is 84.9 Å². The molecule has 1 amide bonds. The number of fused-ring (bicyclic) bond motifs is 1. The zero-order valence-electron chi connectivity index (χ0n) is 21.1. The average molecular weight is 533 g/mol. The van der Waals surface area contributed by atoms with Crippen LogP contribution >= 0.6 is 11.6 Å². The Labute approximate surface area is 226 Å². The number of hydrogen-bond acceptors (Lipinski definition) is 4. The number of ether oxygens (including phenoxy) is 1. The summed E-state index contributed by atoms with van der Waals surface area (Å²) in [6.45, 7) is 1.69. The van der Waals surface area contributed by atoms with Crippen LogP contribution in [0, 0.1) is 5.95 Å². The number of H-pyrrole nitrogens is 1. The predicted octanol–water partition coefficient (Wildman–Crippen LogP) is 5.56. The summed E-state index contributed by atoms with van der Waals surface area (Å²) in [5.41, 5.74) is 5.62. The molecule has 0 atom stereocenters. The SMILES string of the molecule is CNC(=O)C=CCNCCOc1ccc(/C(=C(/CCCl)c2ccccc2)c2ccc3[nH]nc(F)c3c2)cc1. The third-order valence-electron chi connectivity index (χ3n) is 6.04. The Morgan fingerprint density at radius 2 is 1.82 bits per heavy atom. The molecule has 6 nitrogen and oxygen atoms in total. The molecule has 0 saturated heterocycles. The minimum absolute atomic E-state index is 0.132. The van der Waals surface area contributed by atoms with Gasteiger partial charge in [0.15, 0.2) is 0 Å². The van der Waals surface area contributed by atoms with Gasteiger partial charge in [0.2, 0.25) is 11.9 Å². The van der Waals surface area contributed by atoms with Gasteiger partial charge in [0.05, 0.1) is 10.9 Å². The molecule has 0 saturated carbocycles. The number of hydrogen-bond donors (Lipinski definition) is 3. The molecular weight excluding hydrogens is 503 g/mol. The largest absolute Gasteiger partial charge is 0.492 e. The minimum Gasteiger partial charge on any atom is -0.492 e. The lowest BCUT2D eigenvalue weighted by molar-refractivity contribution is -0.116. The summed E-state index contributed by atoms with van der Waals surface area (Å²) in [5.74, 6) is 0.530. The maximum atomic E-state index is 14.4. The van der Waals surface area contributed by atoms with Gasteiger partial charge >= 0.3 is 0 Å². The summed E-state index contributed by atoms with van der Waals surface area (Å²) in [4.78, 5) is 11.2. The molecule has 38 heavy (non-hydrogen) atoms. The molecule has 0 spiro atoms. The Kier molecular flexibility index (Phi) is 9.67. The highest BCUT2D eigenvalue weighted by molar-refractivity contribution is 6.18. The summed E-state index contributed by atoms with van der Waals surface area (Å²) in [6.07, 6.45) is 3.90. The number of carbonyl (C=O) groups excluding carboxylic acids is 1. The second-order valence-electron chi connectivity index (χ2n) is 8.53. The van der Waals surface area contributed by atoms with Crippen LogP contribution in [0.1, 0.15) is 23.1 Å². The van der Waals surface area contributed by atoms with E-state index in [0.29, 0.717) is 42.9 Å². The minimum atomic E-state index is -0.527. The van der Waals surface area contributed by atoms with Gasteiger partial charge in [0.25, 0.3) is 0 Å². The maximum Gasteiger partial charge on any atom is 0.243 e. The third-order valence-corrected chi connectivity index (χ3v) is 6.23. The van der Waals surface area contributed by atoms with Gasteiger partial charge < -0.3 is 15.4 Å². The van der Waals surface area contributed by atoms with Crippen LogP contribution in [-0.4, -0.2) is 48.7 Å². The number of halogens is 2. The topological polar surface area (TPSA) is 79.0 Å². The van der Waals surface area contributed by atoms with E-state index in [4.69, 9.17) is 16.3 Å². The molecule has 1 aromatic heterocycles. The predicted molar refractivity (Wildman–Crippen MR) is 152 cm³/mol. The van der Waals surface area contributed by atoms with Gasteiger partial charge in [-0.1, -0.05) is 54.6 Å². The van der Waals surface area contributed by atoms with Crippen LogP contribution in [0.3, 0.4) is 0 Å². The lowest BCUT2D eigenvalue weighted by Crippen LogP contribution is -2.21. The molecular formula is C30H30ClFN4O2. The number of aromatic amines is 1. The number of aromatic nitrogens is 2. The summed E-state index contributed by atoms with van der Waals surface area (Å²) in [7, 11) is 1.59. The summed E-state index contributed by atoms with van der Waals surface area (Å²) < 4.78 is 20.2. The maximum absolute atomic E-state index is 14.4. The van der Waals surface area contributed by atoms with Crippen molar-refractivity contribution in [3.05, 3.63) is 108 Å². The molecule has 4 rings (SSSR count). The molecule has 0 aliphatic heterocycles. The monoisotopic (exact) mass is 532 g/mol. The van der Waals surface area contributed by atoms with E-state index < -0.39 is 5.95 Å². The Balaban J connectivity index is 1.58. The normalized spacial score (nSPS) is 12.1. The molecule has 4 aromatic rings. The number of nitrogens with one attached hydrogen (secondary N) is 3. The molecule has 196 valence electrons. The fraction of sp³-hybridized carbons (Fsp3) is 0.200. The zero-order chi connectivity index (χ0) is 26.7. The highest BCUT2D eigenvalue weighted by Gasteiger charge is 2.16. The number of amides is 1. The van der Waals surface area contributed by atoms with Gasteiger partial charge in [-0.15, -0.1) is 16.7 Å². The smallest absolute Gasteiger partial charge is 0.243 e. The van der Waals surface area contributed by atoms with Crippen LogP contribution in [0.25, 0.3) is 22.0 Å². The molecule has 0 fully saturated rings. The van der Waals surface area contributed by atoms with Gasteiger partial charge in [0, 0.05) is 32.1 Å². The number of benzene rings is 3. The Morgan fingerprint density at radius 3 is 2.55 bits per heavy atom. The van der Waals surface area contributed by atoms with Gasteiger partial charge in [-0.05, 0) is 58.5 Å². The van der Waals surface area contributed by atoms with Gasteiger partial charge in [-0.25, -0.2) is 0 Å². The first-order valence-corrected chi connectivity index (χ1v) is 12.9. The Bertz CT molecular complexity index is 1420. The second-order valence-corrected chi connectivity index (χ2v) is 8.90. The lowest BCUT2D eigenvalue weighted by atomic mass is 9.88. The third kappa shape index (κ3) is 6.88. The summed E-state index contributed by atoms with van der Waals surface area (Å²) in [5, 5.41) is 12.6. The van der Waals surface area contributed by atoms with E-state index in [-0.39, 0.29) is 5.91 Å². The summed E-state index contributed by atoms with van der Waals surface area (Å²) >= 11 is 6.26. The lowest BCUT2D eigenvalue weighted by Gasteiger charge is -2.17. The van der Waals surface area contributed by atoms with Crippen LogP contribution < -0.4 is 15.4 Å². The fourth-order valence-corrected chi connectivity index (χ4v) is 4.38. The molecule has 3 N–H and O–H groups in total. The standard InChI is InChI=1S/C30H30ClFN4O2/c1-33-28(37)8-5-17-34-18-19-38-24-12-9-22(10-13-24)29(25(15-16-31)21-6-3-2-4-7-21)23-11-14-27-26(20-23)30(32)36-35-27/h2-14,20,34H,15-19H2,1H3,(H,33,37)(H,35,36)/b8-5?,29-25+. The van der Waals surface area contributed by atoms with Gasteiger partial charge in [-0.2, -0.15) is 4.39 Å². The first-order valence-electron chi connectivity index (χ1n) is 12.4. The van der Waals surface area contributed by atoms with E-state index >= 15 is 0 Å². The van der Waals surface area contributed by atoms with Crippen LogP contribution in [0.2, 0.25) is 0 Å². The molecule has 1 heterocycles. The van der Waals surface area contributed by atoms with E-state index in [1.807, 2.05) is 60.7 Å². The van der Waals surface area contributed by atoms with Gasteiger partial charge in [-0.3, -0.25) is 9.89 Å². The van der Waals surface area contributed by atoms with Crippen molar-refractivity contribution in [1.29, 1.82) is 0 Å². The average Bonchev–Trinajstić information content (AvgIpc) is 3.33. The van der Waals surface area contributed by atoms with Crippen molar-refractivity contribution in [2.24, 2.45) is 0 Å². The molecule has 8 heteroatoms. The van der Waals surface area contributed by atoms with Crippen molar-refractivity contribution in [2.45, 2.75) is 6.42 Å². The highest BCUT2D eigenvalue weighted by Crippen LogP contribution is 2.36. The number of nitrogens with zero attached hydrogens (tertiary/aromatic N) is 1. The van der Waals surface area contributed by atoms with Crippen LogP contribution in [0.5, 0.6) is 5.75 Å². The second kappa shape index (κ2) is 13.6. The summed E-state index contributed by atoms with van der Waals surface area (Å²) in [6, 6.07) is 23.6. The van der Waals surface area contributed by atoms with E-state index in [2.05, 4.69) is 33.0 Å². The number of alkyl halides is 1. The van der Waals surface area contributed by atoms with Crippen LogP contribution in [-0.2, 0) is 4.79 Å². The van der Waals surface area contributed by atoms with Crippen molar-refractivity contribution >= 4 is 39.6 Å². The van der Waals surface area contributed by atoms with Crippen LogP contribution in [0.4, 0.5) is 4.39 Å². The first kappa shape index (κ1) is 27.1. The molecule has 0 bridgehead atoms. The number of likely N-dealkylation sites (N-methyl/N-ethyl adjacent to an activating group) is 1. The quantitative estimate of drug-likeness (QED) is 0.0965. The molecule has 3 aromatic carbocycles. The molecule has 0 unspecified atom stereocenters. The van der Waals surface area contributed by atoms with Crippen molar-refractivity contribution in [2.75, 3.05) is 32.6 Å². The van der Waals surface area contributed by atoms with E-state index in [9.17, 15) is 9.18 Å². The van der Waals surface area contributed by atoms with E-state index in [0.717, 1.165) is 33.6 Å². The highest BCUT2D eigenvalue weighted by atomic mass is 35.5. The van der Waals surface area contributed by atoms with Gasteiger partial charge in [0.1, 0.15) is 12.4 Å². The number of allylic oxidation sites excluding steroid dienone is 1. The Morgan fingerprint density at radius 1 is 1.05 bits per heavy atom. The number of rotatable bonds is 12. The van der Waals surface area contributed by atoms with Crippen molar-refractivity contribution in [3.63, 3.8) is 0 Å². The molecule has 0 radical (unpaired) electrons. The van der Waals surface area contributed by atoms with E-state index in [1.54, 1.807) is 13.1 Å². The Hall–Kier alpha value is -3.94. The van der Waals surface area contributed by atoms with E-state index in [1.165, 1.54) is 6.08 Å². The fourth-order valence-electron chi connectivity index (χ4n) is 4.19. The molecule has 0 aliphatic rings. The van der Waals surface area contributed by atoms with Crippen molar-refractivity contribution in [1.82, 2.24) is 20.8 Å². The van der Waals surface area contributed by atoms with Crippen molar-refractivity contribution < 1.29 is 13.9 Å². The zero-order valence-corrected chi connectivity index (χ0v) is 21.9. The molecule has 0 aliphatic carbocycles. The van der Waals surface area contributed by atoms with Crippen molar-refractivity contribution in [3.8, 4) is 5.75 Å².